The van der Waals surface area contributed by atoms with E-state index < -0.39 is 0 Å². The predicted molar refractivity (Wildman–Crippen MR) is 89.3 cm³/mol. The van der Waals surface area contributed by atoms with Gasteiger partial charge in [-0.25, -0.2) is 0 Å². The van der Waals surface area contributed by atoms with Gasteiger partial charge in [-0.2, -0.15) is 0 Å². The molecule has 0 atom stereocenters. The van der Waals surface area contributed by atoms with Crippen molar-refractivity contribution in [3.05, 3.63) is 94.5 Å². The highest BCUT2D eigenvalue weighted by atomic mass is 16.1. The summed E-state index contributed by atoms with van der Waals surface area (Å²) in [4.78, 5) is 12.7. The third kappa shape index (κ3) is 2.06. The van der Waals surface area contributed by atoms with Crippen molar-refractivity contribution in [2.45, 2.75) is 13.3 Å². The molecule has 0 amide bonds. The minimum Gasteiger partial charge on any atom is -0.289 e. The highest BCUT2D eigenvalue weighted by molar-refractivity contribution is 6.09. The van der Waals surface area contributed by atoms with E-state index in [1.165, 1.54) is 22.3 Å². The van der Waals surface area contributed by atoms with E-state index in [-0.39, 0.29) is 5.78 Å². The number of carbonyl (C=O) groups excluding carboxylic acids is 1. The molecule has 1 aliphatic carbocycles. The van der Waals surface area contributed by atoms with Crippen LogP contribution >= 0.6 is 0 Å². The van der Waals surface area contributed by atoms with Gasteiger partial charge in [-0.3, -0.25) is 4.79 Å². The standard InChI is InChI=1S/C21H16O/c1-14-5-4-7-16(11-14)21(22)17-9-10-20-18(13-17)12-15-6-2-3-8-19(15)20/h2-11,13H,12H2,1H3. The van der Waals surface area contributed by atoms with Crippen molar-refractivity contribution < 1.29 is 4.79 Å². The van der Waals surface area contributed by atoms with Gasteiger partial charge >= 0.3 is 0 Å². The van der Waals surface area contributed by atoms with Gasteiger partial charge in [-0.1, -0.05) is 60.2 Å². The molecule has 0 aliphatic heterocycles. The largest absolute Gasteiger partial charge is 0.289 e. The molecule has 0 aromatic heterocycles. The van der Waals surface area contributed by atoms with E-state index >= 15 is 0 Å². The Labute approximate surface area is 130 Å². The van der Waals surface area contributed by atoms with E-state index in [4.69, 9.17) is 0 Å². The lowest BCUT2D eigenvalue weighted by atomic mass is 9.97. The van der Waals surface area contributed by atoms with Gasteiger partial charge in [0, 0.05) is 11.1 Å². The number of hydrogen-bond acceptors (Lipinski definition) is 1. The molecule has 0 saturated heterocycles. The number of benzene rings is 3. The van der Waals surface area contributed by atoms with Gasteiger partial charge in [0.2, 0.25) is 0 Å². The number of ketones is 1. The van der Waals surface area contributed by atoms with Crippen molar-refractivity contribution in [1.82, 2.24) is 0 Å². The molecule has 3 aromatic rings. The van der Waals surface area contributed by atoms with Crippen molar-refractivity contribution in [3.8, 4) is 11.1 Å². The molecule has 0 N–H and O–H groups in total. The van der Waals surface area contributed by atoms with E-state index in [9.17, 15) is 4.79 Å². The monoisotopic (exact) mass is 284 g/mol. The van der Waals surface area contributed by atoms with Gasteiger partial charge in [0.05, 0.1) is 0 Å². The van der Waals surface area contributed by atoms with Crippen LogP contribution in [0, 0.1) is 6.92 Å². The Balaban J connectivity index is 1.74. The van der Waals surface area contributed by atoms with Crippen molar-refractivity contribution in [3.63, 3.8) is 0 Å². The quantitative estimate of drug-likeness (QED) is 0.483. The van der Waals surface area contributed by atoms with E-state index in [1.54, 1.807) is 0 Å². The van der Waals surface area contributed by atoms with Crippen LogP contribution < -0.4 is 0 Å². The average molecular weight is 284 g/mol. The summed E-state index contributed by atoms with van der Waals surface area (Å²) in [7, 11) is 0. The number of hydrogen-bond donors (Lipinski definition) is 0. The number of carbonyl (C=O) groups is 1. The summed E-state index contributed by atoms with van der Waals surface area (Å²) in [6, 6.07) is 22.3. The van der Waals surface area contributed by atoms with Gasteiger partial charge in [-0.15, -0.1) is 0 Å². The van der Waals surface area contributed by atoms with Crippen LogP contribution in [0.5, 0.6) is 0 Å². The number of rotatable bonds is 2. The molecule has 3 aromatic carbocycles. The van der Waals surface area contributed by atoms with Crippen molar-refractivity contribution in [2.75, 3.05) is 0 Å². The first-order chi connectivity index (χ1) is 10.7. The zero-order valence-corrected chi connectivity index (χ0v) is 12.5. The highest BCUT2D eigenvalue weighted by Crippen LogP contribution is 2.36. The molecule has 0 saturated carbocycles. The van der Waals surface area contributed by atoms with Gasteiger partial charge in [0.25, 0.3) is 0 Å². The Morgan fingerprint density at radius 2 is 1.55 bits per heavy atom. The van der Waals surface area contributed by atoms with Crippen LogP contribution in [-0.4, -0.2) is 5.78 Å². The molecule has 22 heavy (non-hydrogen) atoms. The fraction of sp³-hybridized carbons (Fsp3) is 0.0952. The second-order valence-electron chi connectivity index (χ2n) is 5.90. The summed E-state index contributed by atoms with van der Waals surface area (Å²) >= 11 is 0. The normalized spacial score (nSPS) is 11.9. The maximum atomic E-state index is 12.7. The Bertz CT molecular complexity index is 890. The third-order valence-corrected chi connectivity index (χ3v) is 4.34. The first-order valence-electron chi connectivity index (χ1n) is 7.55. The minimum atomic E-state index is 0.0995. The Morgan fingerprint density at radius 3 is 2.41 bits per heavy atom. The van der Waals surface area contributed by atoms with Crippen molar-refractivity contribution in [1.29, 1.82) is 0 Å². The summed E-state index contributed by atoms with van der Waals surface area (Å²) in [6.07, 6.45) is 0.917. The van der Waals surface area contributed by atoms with E-state index in [1.807, 2.05) is 37.3 Å². The van der Waals surface area contributed by atoms with Crippen LogP contribution in [-0.2, 0) is 6.42 Å². The molecule has 0 heterocycles. The number of aryl methyl sites for hydroxylation is 1. The first kappa shape index (κ1) is 13.0. The van der Waals surface area contributed by atoms with E-state index in [2.05, 4.69) is 36.4 Å². The third-order valence-electron chi connectivity index (χ3n) is 4.34. The molecule has 0 bridgehead atoms. The molecule has 1 aliphatic rings. The van der Waals surface area contributed by atoms with Crippen LogP contribution in [0.15, 0.2) is 66.7 Å². The minimum absolute atomic E-state index is 0.0995. The second-order valence-corrected chi connectivity index (χ2v) is 5.90. The van der Waals surface area contributed by atoms with Crippen LogP contribution in [0.2, 0.25) is 0 Å². The smallest absolute Gasteiger partial charge is 0.193 e. The SMILES string of the molecule is Cc1cccc(C(=O)c2ccc3c(c2)Cc2ccccc2-3)c1. The molecular formula is C21H16O. The maximum absolute atomic E-state index is 12.7. The second kappa shape index (κ2) is 4.96. The van der Waals surface area contributed by atoms with Gasteiger partial charge in [0.15, 0.2) is 5.78 Å². The Morgan fingerprint density at radius 1 is 0.773 bits per heavy atom. The Hall–Kier alpha value is -2.67. The van der Waals surface area contributed by atoms with Crippen LogP contribution in [0.3, 0.4) is 0 Å². The summed E-state index contributed by atoms with van der Waals surface area (Å²) in [5.41, 5.74) is 7.80. The molecule has 4 rings (SSSR count). The predicted octanol–water partition coefficient (Wildman–Crippen LogP) is 4.80. The van der Waals surface area contributed by atoms with E-state index in [0.29, 0.717) is 0 Å². The average Bonchev–Trinajstić information content (AvgIpc) is 2.91. The Kier molecular flexibility index (Phi) is 2.93. The fourth-order valence-electron chi connectivity index (χ4n) is 3.24. The summed E-state index contributed by atoms with van der Waals surface area (Å²) in [6.45, 7) is 2.01. The van der Waals surface area contributed by atoms with Crippen LogP contribution in [0.25, 0.3) is 11.1 Å². The molecule has 0 unspecified atom stereocenters. The fourth-order valence-corrected chi connectivity index (χ4v) is 3.24. The van der Waals surface area contributed by atoms with Crippen LogP contribution in [0.1, 0.15) is 32.6 Å². The highest BCUT2D eigenvalue weighted by Gasteiger charge is 2.19. The van der Waals surface area contributed by atoms with Crippen molar-refractivity contribution in [2.24, 2.45) is 0 Å². The van der Waals surface area contributed by atoms with E-state index in [0.717, 1.165) is 23.1 Å². The van der Waals surface area contributed by atoms with Crippen LogP contribution in [0.4, 0.5) is 0 Å². The molecule has 0 spiro atoms. The zero-order valence-electron chi connectivity index (χ0n) is 12.5. The molecule has 0 fully saturated rings. The zero-order chi connectivity index (χ0) is 15.1. The van der Waals surface area contributed by atoms with Crippen molar-refractivity contribution >= 4 is 5.78 Å². The summed E-state index contributed by atoms with van der Waals surface area (Å²) in [5, 5.41) is 0. The van der Waals surface area contributed by atoms with Gasteiger partial charge in [0.1, 0.15) is 0 Å². The maximum Gasteiger partial charge on any atom is 0.193 e. The lowest BCUT2D eigenvalue weighted by Crippen LogP contribution is -2.02. The molecular weight excluding hydrogens is 268 g/mol. The molecule has 1 nitrogen and oxygen atoms in total. The first-order valence-corrected chi connectivity index (χ1v) is 7.55. The summed E-state index contributed by atoms with van der Waals surface area (Å²) < 4.78 is 0. The molecule has 1 heteroatoms. The number of fused-ring (bicyclic) bond motifs is 3. The molecule has 106 valence electrons. The lowest BCUT2D eigenvalue weighted by molar-refractivity contribution is 0.103. The summed E-state index contributed by atoms with van der Waals surface area (Å²) in [5.74, 6) is 0.0995. The molecule has 0 radical (unpaired) electrons. The topological polar surface area (TPSA) is 17.1 Å². The lowest BCUT2D eigenvalue weighted by Gasteiger charge is -2.06. The van der Waals surface area contributed by atoms with Gasteiger partial charge in [-0.05, 0) is 47.7 Å². The van der Waals surface area contributed by atoms with Gasteiger partial charge < -0.3 is 0 Å².